The molecule has 0 aromatic heterocycles. The number of nitrogens with one attached hydrogen (secondary N) is 1. The van der Waals surface area contributed by atoms with Crippen molar-refractivity contribution in [2.24, 2.45) is 0 Å². The Kier molecular flexibility index (Phi) is 7.87. The number of nitrogens with zero attached hydrogens (tertiary/aromatic N) is 3. The fourth-order valence-electron chi connectivity index (χ4n) is 3.60. The Morgan fingerprint density at radius 1 is 1.10 bits per heavy atom. The van der Waals surface area contributed by atoms with Crippen molar-refractivity contribution in [2.75, 3.05) is 56.0 Å². The monoisotopic (exact) mass is 446 g/mol. The molecule has 0 atom stereocenters. The van der Waals surface area contributed by atoms with E-state index in [0.717, 1.165) is 5.56 Å². The second kappa shape index (κ2) is 10.6. The molecule has 0 radical (unpaired) electrons. The predicted molar refractivity (Wildman–Crippen MR) is 122 cm³/mol. The Morgan fingerprint density at radius 2 is 1.81 bits per heavy atom. The van der Waals surface area contributed by atoms with E-state index in [1.165, 1.54) is 6.07 Å². The molecule has 1 saturated heterocycles. The maximum absolute atomic E-state index is 14.0. The van der Waals surface area contributed by atoms with E-state index in [-0.39, 0.29) is 30.7 Å². The van der Waals surface area contributed by atoms with Gasteiger partial charge in [0.25, 0.3) is 0 Å². The SMILES string of the molecule is CCN(CC(=O)Nc1cc(Cl)ccc1C)CC(=O)N1CCN(c2ccccc2F)CC1. The van der Waals surface area contributed by atoms with E-state index in [4.69, 9.17) is 11.6 Å². The number of piperazine rings is 1. The van der Waals surface area contributed by atoms with E-state index in [1.807, 2.05) is 30.9 Å². The number of carbonyl (C=O) groups is 2. The number of para-hydroxylation sites is 1. The summed E-state index contributed by atoms with van der Waals surface area (Å²) in [7, 11) is 0. The van der Waals surface area contributed by atoms with Crippen molar-refractivity contribution in [3.8, 4) is 0 Å². The largest absolute Gasteiger partial charge is 0.366 e. The highest BCUT2D eigenvalue weighted by Crippen LogP contribution is 2.21. The van der Waals surface area contributed by atoms with Crippen LogP contribution in [0.1, 0.15) is 12.5 Å². The summed E-state index contributed by atoms with van der Waals surface area (Å²) in [6.07, 6.45) is 0. The number of benzene rings is 2. The first-order valence-corrected chi connectivity index (χ1v) is 10.8. The van der Waals surface area contributed by atoms with Crippen molar-refractivity contribution in [3.05, 3.63) is 58.9 Å². The van der Waals surface area contributed by atoms with E-state index in [0.29, 0.717) is 49.1 Å². The van der Waals surface area contributed by atoms with Crippen LogP contribution in [-0.2, 0) is 9.59 Å². The number of hydrogen-bond donors (Lipinski definition) is 1. The third-order valence-corrected chi connectivity index (χ3v) is 5.71. The van der Waals surface area contributed by atoms with E-state index in [2.05, 4.69) is 5.32 Å². The van der Waals surface area contributed by atoms with Crippen molar-refractivity contribution < 1.29 is 14.0 Å². The minimum absolute atomic E-state index is 0.0261. The average Bonchev–Trinajstić information content (AvgIpc) is 2.76. The van der Waals surface area contributed by atoms with Gasteiger partial charge in [0.2, 0.25) is 11.8 Å². The topological polar surface area (TPSA) is 55.9 Å². The Labute approximate surface area is 187 Å². The van der Waals surface area contributed by atoms with Gasteiger partial charge in [0.1, 0.15) is 5.82 Å². The second-order valence-electron chi connectivity index (χ2n) is 7.63. The molecule has 0 unspecified atom stereocenters. The predicted octanol–water partition coefficient (Wildman–Crippen LogP) is 3.40. The molecule has 0 aliphatic carbocycles. The fourth-order valence-corrected chi connectivity index (χ4v) is 3.77. The summed E-state index contributed by atoms with van der Waals surface area (Å²) in [6.45, 7) is 6.87. The van der Waals surface area contributed by atoms with Gasteiger partial charge in [0, 0.05) is 36.9 Å². The van der Waals surface area contributed by atoms with E-state index in [9.17, 15) is 14.0 Å². The number of hydrogen-bond acceptors (Lipinski definition) is 4. The molecule has 1 fully saturated rings. The lowest BCUT2D eigenvalue weighted by atomic mass is 10.2. The zero-order valence-corrected chi connectivity index (χ0v) is 18.7. The maximum atomic E-state index is 14.0. The van der Waals surface area contributed by atoms with Crippen LogP contribution >= 0.6 is 11.6 Å². The molecule has 1 aliphatic rings. The van der Waals surface area contributed by atoms with Gasteiger partial charge in [0.05, 0.1) is 18.8 Å². The van der Waals surface area contributed by atoms with Crippen molar-refractivity contribution in [1.82, 2.24) is 9.80 Å². The first kappa shape index (κ1) is 23.0. The highest BCUT2D eigenvalue weighted by molar-refractivity contribution is 6.31. The lowest BCUT2D eigenvalue weighted by molar-refractivity contribution is -0.133. The van der Waals surface area contributed by atoms with E-state index < -0.39 is 0 Å². The summed E-state index contributed by atoms with van der Waals surface area (Å²) >= 11 is 6.01. The molecule has 0 spiro atoms. The van der Waals surface area contributed by atoms with Crippen LogP contribution in [0.3, 0.4) is 0 Å². The van der Waals surface area contributed by atoms with Gasteiger partial charge in [-0.05, 0) is 43.3 Å². The maximum Gasteiger partial charge on any atom is 0.238 e. The first-order valence-electron chi connectivity index (χ1n) is 10.4. The van der Waals surface area contributed by atoms with Gasteiger partial charge in [-0.2, -0.15) is 0 Å². The third-order valence-electron chi connectivity index (χ3n) is 5.47. The quantitative estimate of drug-likeness (QED) is 0.708. The Morgan fingerprint density at radius 3 is 2.48 bits per heavy atom. The van der Waals surface area contributed by atoms with Crippen LogP contribution in [0.25, 0.3) is 0 Å². The second-order valence-corrected chi connectivity index (χ2v) is 8.07. The molecular weight excluding hydrogens is 419 g/mol. The van der Waals surface area contributed by atoms with Gasteiger partial charge in [-0.15, -0.1) is 0 Å². The Hall–Kier alpha value is -2.64. The molecule has 0 saturated carbocycles. The van der Waals surface area contributed by atoms with Gasteiger partial charge in [-0.3, -0.25) is 14.5 Å². The van der Waals surface area contributed by atoms with Gasteiger partial charge in [0.15, 0.2) is 0 Å². The van der Waals surface area contributed by atoms with E-state index in [1.54, 1.807) is 34.1 Å². The molecule has 1 N–H and O–H groups in total. The fraction of sp³-hybridized carbons (Fsp3) is 0.391. The van der Waals surface area contributed by atoms with Crippen LogP contribution in [0.4, 0.5) is 15.8 Å². The van der Waals surface area contributed by atoms with Crippen LogP contribution in [0.15, 0.2) is 42.5 Å². The average molecular weight is 447 g/mol. The summed E-state index contributed by atoms with van der Waals surface area (Å²) in [5, 5.41) is 3.42. The Balaban J connectivity index is 1.50. The standard InChI is InChI=1S/C23H28ClFN4O2/c1-3-27(15-22(30)26-20-14-18(24)9-8-17(20)2)16-23(31)29-12-10-28(11-13-29)21-7-5-4-6-19(21)25/h4-9,14H,3,10-13,15-16H2,1-2H3,(H,26,30). The number of anilines is 2. The molecule has 6 nitrogen and oxygen atoms in total. The minimum Gasteiger partial charge on any atom is -0.366 e. The van der Waals surface area contributed by atoms with Crippen LogP contribution in [0.5, 0.6) is 0 Å². The highest BCUT2D eigenvalue weighted by atomic mass is 35.5. The zero-order chi connectivity index (χ0) is 22.4. The number of carbonyl (C=O) groups excluding carboxylic acids is 2. The first-order chi connectivity index (χ1) is 14.9. The van der Waals surface area contributed by atoms with Gasteiger partial charge in [-0.1, -0.05) is 36.7 Å². The molecule has 0 bridgehead atoms. The summed E-state index contributed by atoms with van der Waals surface area (Å²) in [5.74, 6) is -0.466. The van der Waals surface area contributed by atoms with Crippen molar-refractivity contribution in [1.29, 1.82) is 0 Å². The summed E-state index contributed by atoms with van der Waals surface area (Å²) in [5.41, 5.74) is 2.16. The summed E-state index contributed by atoms with van der Waals surface area (Å²) in [6, 6.07) is 12.0. The number of rotatable bonds is 7. The van der Waals surface area contributed by atoms with E-state index >= 15 is 0 Å². The van der Waals surface area contributed by atoms with Crippen molar-refractivity contribution in [2.45, 2.75) is 13.8 Å². The van der Waals surface area contributed by atoms with Gasteiger partial charge in [-0.25, -0.2) is 4.39 Å². The number of amides is 2. The molecule has 2 aromatic carbocycles. The molecular formula is C23H28ClFN4O2. The highest BCUT2D eigenvalue weighted by Gasteiger charge is 2.24. The molecule has 1 aliphatic heterocycles. The normalized spacial score (nSPS) is 14.1. The molecule has 3 rings (SSSR count). The summed E-state index contributed by atoms with van der Waals surface area (Å²) < 4.78 is 14.0. The molecule has 2 aromatic rings. The third kappa shape index (κ3) is 6.18. The molecule has 31 heavy (non-hydrogen) atoms. The molecule has 166 valence electrons. The lowest BCUT2D eigenvalue weighted by Crippen LogP contribution is -2.52. The number of halogens is 2. The number of likely N-dealkylation sites (N-methyl/N-ethyl adjacent to an activating group) is 1. The minimum atomic E-state index is -0.250. The van der Waals surface area contributed by atoms with Gasteiger partial charge < -0.3 is 15.1 Å². The van der Waals surface area contributed by atoms with Crippen LogP contribution in [0.2, 0.25) is 5.02 Å². The van der Waals surface area contributed by atoms with Crippen molar-refractivity contribution >= 4 is 34.8 Å². The molecule has 1 heterocycles. The van der Waals surface area contributed by atoms with Crippen molar-refractivity contribution in [3.63, 3.8) is 0 Å². The van der Waals surface area contributed by atoms with Crippen LogP contribution in [0, 0.1) is 12.7 Å². The van der Waals surface area contributed by atoms with Crippen LogP contribution < -0.4 is 10.2 Å². The molecule has 2 amide bonds. The molecule has 8 heteroatoms. The Bertz CT molecular complexity index is 932. The summed E-state index contributed by atoms with van der Waals surface area (Å²) in [4.78, 5) is 30.8. The smallest absolute Gasteiger partial charge is 0.238 e. The lowest BCUT2D eigenvalue weighted by Gasteiger charge is -2.37. The zero-order valence-electron chi connectivity index (χ0n) is 17.9. The van der Waals surface area contributed by atoms with Crippen LogP contribution in [-0.4, -0.2) is 67.4 Å². The number of aryl methyl sites for hydroxylation is 1. The van der Waals surface area contributed by atoms with Gasteiger partial charge >= 0.3 is 0 Å².